The van der Waals surface area contributed by atoms with E-state index in [1.807, 2.05) is 29.2 Å². The minimum absolute atomic E-state index is 0.128. The average Bonchev–Trinajstić information content (AvgIpc) is 2.73. The van der Waals surface area contributed by atoms with Gasteiger partial charge in [-0.2, -0.15) is 0 Å². The van der Waals surface area contributed by atoms with Gasteiger partial charge in [0.2, 0.25) is 0 Å². The van der Waals surface area contributed by atoms with Gasteiger partial charge in [-0.05, 0) is 81.1 Å². The number of aryl methyl sites for hydroxylation is 2. The van der Waals surface area contributed by atoms with E-state index in [9.17, 15) is 4.79 Å². The lowest BCUT2D eigenvalue weighted by Gasteiger charge is -2.26. The van der Waals surface area contributed by atoms with Crippen molar-refractivity contribution in [3.8, 4) is 0 Å². The lowest BCUT2D eigenvalue weighted by Crippen LogP contribution is -2.35. The zero-order chi connectivity index (χ0) is 19.8. The maximum Gasteiger partial charge on any atom is 0.253 e. The monoisotopic (exact) mass is 395 g/mol. The molecule has 2 N–H and O–H groups in total. The van der Waals surface area contributed by atoms with Gasteiger partial charge in [-0.25, -0.2) is 0 Å². The number of hydrogen-bond acceptors (Lipinski definition) is 2. The Hall–Kier alpha value is -2.40. The molecule has 2 aromatic rings. The Kier molecular flexibility index (Phi) is 7.43. The van der Waals surface area contributed by atoms with Gasteiger partial charge in [0.1, 0.15) is 0 Å². The first kappa shape index (κ1) is 20.3. The molecule has 0 saturated carbocycles. The van der Waals surface area contributed by atoms with Gasteiger partial charge < -0.3 is 15.5 Å². The molecule has 1 aliphatic heterocycles. The number of carbonyl (C=O) groups excluding carboxylic acids is 1. The van der Waals surface area contributed by atoms with Crippen molar-refractivity contribution >= 4 is 28.9 Å². The molecule has 1 heterocycles. The summed E-state index contributed by atoms with van der Waals surface area (Å²) in [5.41, 5.74) is 4.27. The van der Waals surface area contributed by atoms with Gasteiger partial charge >= 0.3 is 0 Å². The summed E-state index contributed by atoms with van der Waals surface area (Å²) in [5.74, 6) is 0.128. The molecule has 148 valence electrons. The highest BCUT2D eigenvalue weighted by Crippen LogP contribution is 2.15. The van der Waals surface area contributed by atoms with Crippen molar-refractivity contribution in [2.24, 2.45) is 0 Å². The van der Waals surface area contributed by atoms with Crippen LogP contribution >= 0.6 is 12.2 Å². The maximum atomic E-state index is 12.5. The van der Waals surface area contributed by atoms with Crippen LogP contribution in [0.15, 0.2) is 48.5 Å². The van der Waals surface area contributed by atoms with E-state index < -0.39 is 0 Å². The normalized spacial score (nSPS) is 13.8. The van der Waals surface area contributed by atoms with E-state index in [-0.39, 0.29) is 5.91 Å². The molecule has 1 aliphatic rings. The third-order valence-electron chi connectivity index (χ3n) is 5.08. The van der Waals surface area contributed by atoms with E-state index in [1.54, 1.807) is 0 Å². The van der Waals surface area contributed by atoms with Gasteiger partial charge in [-0.1, -0.05) is 29.8 Å². The van der Waals surface area contributed by atoms with Gasteiger partial charge in [0.05, 0.1) is 0 Å². The number of rotatable bonds is 6. The Morgan fingerprint density at radius 3 is 2.36 bits per heavy atom. The second-order valence-corrected chi connectivity index (χ2v) is 7.81. The smallest absolute Gasteiger partial charge is 0.253 e. The molecule has 5 heteroatoms. The molecule has 3 rings (SSSR count). The largest absolute Gasteiger partial charge is 0.362 e. The molecule has 28 heavy (non-hydrogen) atoms. The van der Waals surface area contributed by atoms with E-state index in [0.717, 1.165) is 56.6 Å². The number of nitrogens with zero attached hydrogens (tertiary/aromatic N) is 1. The highest BCUT2D eigenvalue weighted by Gasteiger charge is 2.17. The Morgan fingerprint density at radius 2 is 1.68 bits per heavy atom. The first-order valence-corrected chi connectivity index (χ1v) is 10.5. The molecule has 0 unspecified atom stereocenters. The van der Waals surface area contributed by atoms with Crippen molar-refractivity contribution in [3.05, 3.63) is 65.2 Å². The van der Waals surface area contributed by atoms with Crippen LogP contribution in [0.3, 0.4) is 0 Å². The Bertz CT molecular complexity index is 780. The van der Waals surface area contributed by atoms with E-state index in [4.69, 9.17) is 12.2 Å². The van der Waals surface area contributed by atoms with E-state index in [2.05, 4.69) is 41.8 Å². The molecule has 0 radical (unpaired) electrons. The summed E-state index contributed by atoms with van der Waals surface area (Å²) >= 11 is 5.37. The number of amides is 1. The third-order valence-corrected chi connectivity index (χ3v) is 5.33. The van der Waals surface area contributed by atoms with Crippen LogP contribution < -0.4 is 10.6 Å². The van der Waals surface area contributed by atoms with Gasteiger partial charge in [0.25, 0.3) is 5.91 Å². The molecule has 2 aromatic carbocycles. The van der Waals surface area contributed by atoms with Gasteiger partial charge in [0, 0.05) is 30.9 Å². The number of nitrogens with one attached hydrogen (secondary N) is 2. The van der Waals surface area contributed by atoms with E-state index >= 15 is 0 Å². The zero-order valence-electron chi connectivity index (χ0n) is 16.5. The Labute approximate surface area is 173 Å². The number of benzene rings is 2. The highest BCUT2D eigenvalue weighted by atomic mass is 32.1. The third kappa shape index (κ3) is 6.06. The summed E-state index contributed by atoms with van der Waals surface area (Å²) in [6.07, 6.45) is 5.49. The molecule has 0 atom stereocenters. The zero-order valence-corrected chi connectivity index (χ0v) is 17.4. The number of carbonyl (C=O) groups is 1. The van der Waals surface area contributed by atoms with Crippen LogP contribution in [0.5, 0.6) is 0 Å². The number of piperidine rings is 1. The topological polar surface area (TPSA) is 44.4 Å². The fourth-order valence-corrected chi connectivity index (χ4v) is 3.62. The minimum atomic E-state index is 0.128. The van der Waals surface area contributed by atoms with Gasteiger partial charge in [0.15, 0.2) is 5.11 Å². The summed E-state index contributed by atoms with van der Waals surface area (Å²) in [6, 6.07) is 16.2. The Balaban J connectivity index is 1.40. The minimum Gasteiger partial charge on any atom is -0.362 e. The van der Waals surface area contributed by atoms with Crippen LogP contribution in [0.4, 0.5) is 5.69 Å². The van der Waals surface area contributed by atoms with Crippen molar-refractivity contribution in [2.75, 3.05) is 25.0 Å². The van der Waals surface area contributed by atoms with Crippen LogP contribution in [0, 0.1) is 6.92 Å². The van der Waals surface area contributed by atoms with Crippen LogP contribution in [0.25, 0.3) is 0 Å². The first-order valence-electron chi connectivity index (χ1n) is 10.1. The number of hydrogen-bond donors (Lipinski definition) is 2. The lowest BCUT2D eigenvalue weighted by atomic mass is 10.1. The number of likely N-dealkylation sites (tertiary alicyclic amines) is 1. The van der Waals surface area contributed by atoms with Gasteiger partial charge in [-0.15, -0.1) is 0 Å². The van der Waals surface area contributed by atoms with E-state index in [0.29, 0.717) is 5.11 Å². The molecular formula is C23H29N3OS. The molecule has 0 aliphatic carbocycles. The Morgan fingerprint density at radius 1 is 1.00 bits per heavy atom. The van der Waals surface area contributed by atoms with Crippen LogP contribution in [0.2, 0.25) is 0 Å². The molecule has 1 saturated heterocycles. The molecule has 1 amide bonds. The van der Waals surface area contributed by atoms with Crippen molar-refractivity contribution < 1.29 is 4.79 Å². The van der Waals surface area contributed by atoms with Crippen LogP contribution in [0.1, 0.15) is 47.2 Å². The summed E-state index contributed by atoms with van der Waals surface area (Å²) < 4.78 is 0. The van der Waals surface area contributed by atoms with Gasteiger partial charge in [-0.3, -0.25) is 4.79 Å². The molecule has 0 bridgehead atoms. The SMILES string of the molecule is Cc1ccc(CCCNC(=S)Nc2ccc(C(=O)N3CCCCC3)cc2)cc1. The van der Waals surface area contributed by atoms with E-state index in [1.165, 1.54) is 17.5 Å². The molecular weight excluding hydrogens is 366 g/mol. The summed E-state index contributed by atoms with van der Waals surface area (Å²) in [4.78, 5) is 14.5. The predicted octanol–water partition coefficient (Wildman–Crippen LogP) is 4.54. The lowest BCUT2D eigenvalue weighted by molar-refractivity contribution is 0.0724. The van der Waals surface area contributed by atoms with Crippen molar-refractivity contribution in [2.45, 2.75) is 39.0 Å². The predicted molar refractivity (Wildman–Crippen MR) is 120 cm³/mol. The van der Waals surface area contributed by atoms with Crippen molar-refractivity contribution in [1.29, 1.82) is 0 Å². The highest BCUT2D eigenvalue weighted by molar-refractivity contribution is 7.80. The first-order chi connectivity index (χ1) is 13.6. The average molecular weight is 396 g/mol. The number of thiocarbonyl (C=S) groups is 1. The second kappa shape index (κ2) is 10.2. The number of anilines is 1. The standard InChI is InChI=1S/C23H29N3OS/c1-18-7-9-19(10-8-18)6-5-15-24-23(28)25-21-13-11-20(12-14-21)22(27)26-16-3-2-4-17-26/h7-14H,2-6,15-17H2,1H3,(H2,24,25,28). The summed E-state index contributed by atoms with van der Waals surface area (Å²) in [5, 5.41) is 7.05. The fraction of sp³-hybridized carbons (Fsp3) is 0.391. The summed E-state index contributed by atoms with van der Waals surface area (Å²) in [6.45, 7) is 4.67. The summed E-state index contributed by atoms with van der Waals surface area (Å²) in [7, 11) is 0. The fourth-order valence-electron chi connectivity index (χ4n) is 3.40. The second-order valence-electron chi connectivity index (χ2n) is 7.40. The quantitative estimate of drug-likeness (QED) is 0.557. The molecule has 0 spiro atoms. The molecule has 4 nitrogen and oxygen atoms in total. The molecule has 1 fully saturated rings. The van der Waals surface area contributed by atoms with Crippen molar-refractivity contribution in [3.63, 3.8) is 0 Å². The molecule has 0 aromatic heterocycles. The van der Waals surface area contributed by atoms with Crippen LogP contribution in [-0.2, 0) is 6.42 Å². The van der Waals surface area contributed by atoms with Crippen molar-refractivity contribution in [1.82, 2.24) is 10.2 Å². The van der Waals surface area contributed by atoms with Crippen LogP contribution in [-0.4, -0.2) is 35.6 Å². The maximum absolute atomic E-state index is 12.5.